The molecular weight excluding hydrogens is 278 g/mol. The van der Waals surface area contributed by atoms with Gasteiger partial charge in [-0.2, -0.15) is 0 Å². The van der Waals surface area contributed by atoms with Crippen LogP contribution in [-0.2, 0) is 4.79 Å². The second-order valence-corrected chi connectivity index (χ2v) is 7.20. The van der Waals surface area contributed by atoms with Gasteiger partial charge in [0.15, 0.2) is 0 Å². The Morgan fingerprint density at radius 2 is 2.00 bits per heavy atom. The highest BCUT2D eigenvalue weighted by Gasteiger charge is 2.47. The minimum absolute atomic E-state index is 0.00603. The largest absolute Gasteiger partial charge is 0.296 e. The standard InChI is InChI=1S/C15H18ClNOS/c1-11-5-6-12(9-13(11)16)17-14(18)10-19-15(17)7-3-2-4-8-15/h5-6,9H,2-4,7-8,10H2,1H3. The van der Waals surface area contributed by atoms with Crippen LogP contribution in [0.3, 0.4) is 0 Å². The normalized spacial score (nSPS) is 22.2. The summed E-state index contributed by atoms with van der Waals surface area (Å²) in [5.41, 5.74) is 2.02. The number of anilines is 1. The van der Waals surface area contributed by atoms with E-state index < -0.39 is 0 Å². The van der Waals surface area contributed by atoms with Crippen LogP contribution in [0.25, 0.3) is 0 Å². The lowest BCUT2D eigenvalue weighted by atomic mass is 9.93. The molecule has 0 aromatic heterocycles. The van der Waals surface area contributed by atoms with Gasteiger partial charge in [0.2, 0.25) is 5.91 Å². The molecule has 1 aliphatic heterocycles. The Labute approximate surface area is 123 Å². The van der Waals surface area contributed by atoms with E-state index in [4.69, 9.17) is 11.6 Å². The number of benzene rings is 1. The van der Waals surface area contributed by atoms with E-state index in [9.17, 15) is 4.79 Å². The Morgan fingerprint density at radius 3 is 2.68 bits per heavy atom. The molecule has 102 valence electrons. The van der Waals surface area contributed by atoms with Gasteiger partial charge in [0, 0.05) is 10.7 Å². The molecular formula is C15H18ClNOS. The third-order valence-electron chi connectivity index (χ3n) is 4.17. The van der Waals surface area contributed by atoms with Crippen LogP contribution in [0, 0.1) is 6.92 Å². The van der Waals surface area contributed by atoms with Crippen molar-refractivity contribution in [2.75, 3.05) is 10.7 Å². The van der Waals surface area contributed by atoms with Crippen molar-refractivity contribution in [3.8, 4) is 0 Å². The van der Waals surface area contributed by atoms with E-state index in [2.05, 4.69) is 0 Å². The summed E-state index contributed by atoms with van der Waals surface area (Å²) in [6.07, 6.45) is 5.94. The van der Waals surface area contributed by atoms with Crippen molar-refractivity contribution < 1.29 is 4.79 Å². The van der Waals surface area contributed by atoms with Crippen molar-refractivity contribution in [1.82, 2.24) is 0 Å². The number of carbonyl (C=O) groups excluding carboxylic acids is 1. The zero-order valence-electron chi connectivity index (χ0n) is 11.1. The first-order valence-electron chi connectivity index (χ1n) is 6.86. The molecule has 0 N–H and O–H groups in total. The molecule has 0 bridgehead atoms. The molecule has 2 aliphatic rings. The van der Waals surface area contributed by atoms with Crippen molar-refractivity contribution in [1.29, 1.82) is 0 Å². The Balaban J connectivity index is 1.99. The number of carbonyl (C=O) groups is 1. The van der Waals surface area contributed by atoms with E-state index in [1.54, 1.807) is 0 Å². The van der Waals surface area contributed by atoms with E-state index in [1.165, 1.54) is 19.3 Å². The number of thioether (sulfide) groups is 1. The lowest BCUT2D eigenvalue weighted by Crippen LogP contribution is -2.45. The van der Waals surface area contributed by atoms with Crippen molar-refractivity contribution in [3.63, 3.8) is 0 Å². The summed E-state index contributed by atoms with van der Waals surface area (Å²) in [7, 11) is 0. The van der Waals surface area contributed by atoms with Crippen molar-refractivity contribution in [2.45, 2.75) is 43.9 Å². The Bertz CT molecular complexity index is 511. The van der Waals surface area contributed by atoms with E-state index >= 15 is 0 Å². The van der Waals surface area contributed by atoms with E-state index in [0.29, 0.717) is 5.75 Å². The third-order valence-corrected chi connectivity index (χ3v) is 6.10. The van der Waals surface area contributed by atoms with E-state index in [0.717, 1.165) is 29.1 Å². The first-order valence-corrected chi connectivity index (χ1v) is 8.22. The summed E-state index contributed by atoms with van der Waals surface area (Å²) in [5, 5.41) is 0.744. The monoisotopic (exact) mass is 295 g/mol. The number of rotatable bonds is 1. The molecule has 0 atom stereocenters. The number of amides is 1. The van der Waals surface area contributed by atoms with Crippen LogP contribution in [0.1, 0.15) is 37.7 Å². The molecule has 1 aromatic carbocycles. The quantitative estimate of drug-likeness (QED) is 0.766. The average Bonchev–Trinajstić information content (AvgIpc) is 2.71. The molecule has 19 heavy (non-hydrogen) atoms. The molecule has 1 saturated heterocycles. The van der Waals surface area contributed by atoms with Crippen LogP contribution in [0.5, 0.6) is 0 Å². The first-order chi connectivity index (χ1) is 9.12. The van der Waals surface area contributed by atoms with Gasteiger partial charge in [-0.05, 0) is 37.5 Å². The fourth-order valence-corrected chi connectivity index (χ4v) is 4.73. The van der Waals surface area contributed by atoms with Crippen LogP contribution in [0.4, 0.5) is 5.69 Å². The van der Waals surface area contributed by atoms with Crippen molar-refractivity contribution in [2.24, 2.45) is 0 Å². The Morgan fingerprint density at radius 1 is 1.26 bits per heavy atom. The maximum atomic E-state index is 12.3. The fraction of sp³-hybridized carbons (Fsp3) is 0.533. The maximum absolute atomic E-state index is 12.3. The van der Waals surface area contributed by atoms with E-state index in [1.807, 2.05) is 41.8 Å². The molecule has 1 amide bonds. The van der Waals surface area contributed by atoms with Gasteiger partial charge in [-0.3, -0.25) is 9.69 Å². The molecule has 0 radical (unpaired) electrons. The lowest BCUT2D eigenvalue weighted by molar-refractivity contribution is -0.116. The highest BCUT2D eigenvalue weighted by atomic mass is 35.5. The van der Waals surface area contributed by atoms with Crippen LogP contribution in [-0.4, -0.2) is 16.5 Å². The molecule has 1 saturated carbocycles. The molecule has 2 fully saturated rings. The zero-order chi connectivity index (χ0) is 13.5. The van der Waals surface area contributed by atoms with Gasteiger partial charge in [-0.25, -0.2) is 0 Å². The first kappa shape index (κ1) is 13.3. The van der Waals surface area contributed by atoms with Gasteiger partial charge >= 0.3 is 0 Å². The Kier molecular flexibility index (Phi) is 3.52. The Hall–Kier alpha value is -0.670. The second kappa shape index (κ2) is 5.02. The molecule has 0 unspecified atom stereocenters. The number of hydrogen-bond acceptors (Lipinski definition) is 2. The number of aryl methyl sites for hydroxylation is 1. The third kappa shape index (κ3) is 2.27. The average molecular weight is 296 g/mol. The predicted octanol–water partition coefficient (Wildman–Crippen LogP) is 4.39. The topological polar surface area (TPSA) is 20.3 Å². The van der Waals surface area contributed by atoms with Gasteiger partial charge in [-0.15, -0.1) is 11.8 Å². The minimum Gasteiger partial charge on any atom is -0.296 e. The molecule has 1 aromatic rings. The predicted molar refractivity (Wildman–Crippen MR) is 81.9 cm³/mol. The van der Waals surface area contributed by atoms with Crippen molar-refractivity contribution in [3.05, 3.63) is 28.8 Å². The highest BCUT2D eigenvalue weighted by molar-refractivity contribution is 8.02. The summed E-state index contributed by atoms with van der Waals surface area (Å²) in [6.45, 7) is 1.99. The van der Waals surface area contributed by atoms with Gasteiger partial charge in [0.05, 0.1) is 10.6 Å². The molecule has 3 rings (SSSR count). The fourth-order valence-electron chi connectivity index (χ4n) is 3.12. The smallest absolute Gasteiger partial charge is 0.238 e. The molecule has 4 heteroatoms. The zero-order valence-corrected chi connectivity index (χ0v) is 12.7. The number of hydrogen-bond donors (Lipinski definition) is 0. The molecule has 1 aliphatic carbocycles. The number of halogens is 1. The van der Waals surface area contributed by atoms with Gasteiger partial charge < -0.3 is 0 Å². The molecule has 1 heterocycles. The lowest BCUT2D eigenvalue weighted by Gasteiger charge is -2.40. The van der Waals surface area contributed by atoms with Crippen LogP contribution in [0.2, 0.25) is 5.02 Å². The van der Waals surface area contributed by atoms with Gasteiger partial charge in [0.1, 0.15) is 0 Å². The summed E-state index contributed by atoms with van der Waals surface area (Å²) >= 11 is 8.04. The van der Waals surface area contributed by atoms with Crippen LogP contribution < -0.4 is 4.90 Å². The summed E-state index contributed by atoms with van der Waals surface area (Å²) < 4.78 is 0. The highest BCUT2D eigenvalue weighted by Crippen LogP contribution is 2.49. The second-order valence-electron chi connectivity index (χ2n) is 5.46. The minimum atomic E-state index is -0.00603. The summed E-state index contributed by atoms with van der Waals surface area (Å²) in [4.78, 5) is 14.3. The SMILES string of the molecule is Cc1ccc(N2C(=O)CSC23CCCCC3)cc1Cl. The van der Waals surface area contributed by atoms with E-state index in [-0.39, 0.29) is 10.8 Å². The number of nitrogens with zero attached hydrogens (tertiary/aromatic N) is 1. The maximum Gasteiger partial charge on any atom is 0.238 e. The van der Waals surface area contributed by atoms with Crippen LogP contribution >= 0.6 is 23.4 Å². The summed E-state index contributed by atoms with van der Waals surface area (Å²) in [5.74, 6) is 0.831. The molecule has 1 spiro atoms. The van der Waals surface area contributed by atoms with Crippen LogP contribution in [0.15, 0.2) is 18.2 Å². The van der Waals surface area contributed by atoms with Crippen molar-refractivity contribution >= 4 is 35.0 Å². The van der Waals surface area contributed by atoms with Gasteiger partial charge in [0.25, 0.3) is 0 Å². The summed E-state index contributed by atoms with van der Waals surface area (Å²) in [6, 6.07) is 5.98. The van der Waals surface area contributed by atoms with Gasteiger partial charge in [-0.1, -0.05) is 36.9 Å². The molecule has 2 nitrogen and oxygen atoms in total.